The molecule has 0 aromatic carbocycles. The summed E-state index contributed by atoms with van der Waals surface area (Å²) >= 11 is 0. The van der Waals surface area contributed by atoms with Crippen LogP contribution in [-0.2, 0) is 16.0 Å². The first-order valence-electron chi connectivity index (χ1n) is 12.7. The van der Waals surface area contributed by atoms with E-state index >= 15 is 0 Å². The van der Waals surface area contributed by atoms with Gasteiger partial charge in [-0.2, -0.15) is 9.35 Å². The Morgan fingerprint density at radius 2 is 1.89 bits per heavy atom. The third kappa shape index (κ3) is 4.12. The van der Waals surface area contributed by atoms with Gasteiger partial charge in [0.2, 0.25) is 0 Å². The molecule has 1 spiro atoms. The monoisotopic (exact) mass is 511 g/mol. The Morgan fingerprint density at radius 1 is 1.14 bits per heavy atom. The highest BCUT2D eigenvalue weighted by atomic mass is 32.3. The number of hydrogen-bond acceptors (Lipinski definition) is 7. The first-order valence-corrected chi connectivity index (χ1v) is 15.3. The Hall–Kier alpha value is -3.11. The minimum atomic E-state index is -2.94. The molecule has 2 fully saturated rings. The topological polar surface area (TPSA) is 108 Å². The van der Waals surface area contributed by atoms with Gasteiger partial charge < -0.3 is 25.2 Å². The predicted octanol–water partition coefficient (Wildman–Crippen LogP) is 2.71. The number of pyridine rings is 2. The van der Waals surface area contributed by atoms with Gasteiger partial charge in [0.1, 0.15) is 11.6 Å². The third-order valence-corrected chi connectivity index (χ3v) is 13.4. The number of carbonyl (C=O) groups excluding carboxylic acids is 2. The molecule has 5 heterocycles. The highest BCUT2D eigenvalue weighted by Crippen LogP contribution is 2.90. The van der Waals surface area contributed by atoms with Crippen LogP contribution in [-0.4, -0.2) is 76.5 Å². The van der Waals surface area contributed by atoms with Crippen molar-refractivity contribution in [3.05, 3.63) is 47.0 Å². The molecule has 0 unspecified atom stereocenters. The smallest absolute Gasteiger partial charge is 0.320 e. The van der Waals surface area contributed by atoms with Crippen molar-refractivity contribution in [2.45, 2.75) is 31.6 Å². The summed E-state index contributed by atoms with van der Waals surface area (Å²) < 4.78 is 1.87. The normalized spacial score (nSPS) is 23.6. The largest absolute Gasteiger partial charge is 0.383 e. The van der Waals surface area contributed by atoms with Crippen LogP contribution in [0.25, 0.3) is 0 Å². The number of nitrogens with one attached hydrogen (secondary N) is 1. The fourth-order valence-corrected chi connectivity index (χ4v) is 11.0. The first-order chi connectivity index (χ1) is 17.2. The van der Waals surface area contributed by atoms with Crippen molar-refractivity contribution in [2.75, 3.05) is 61.5 Å². The molecule has 0 radical (unpaired) electrons. The number of rotatable bonds is 4. The second-order valence-corrected chi connectivity index (χ2v) is 15.3. The maximum atomic E-state index is 13.7. The predicted molar refractivity (Wildman–Crippen MR) is 147 cm³/mol. The lowest BCUT2D eigenvalue weighted by molar-refractivity contribution is -0.140. The number of anilines is 3. The van der Waals surface area contributed by atoms with Crippen LogP contribution in [0.3, 0.4) is 0 Å². The lowest BCUT2D eigenvalue weighted by atomic mass is 10.1. The van der Waals surface area contributed by atoms with Crippen LogP contribution in [0.5, 0.6) is 0 Å². The minimum Gasteiger partial charge on any atom is -0.383 e. The second-order valence-electron chi connectivity index (χ2n) is 10.4. The third-order valence-electron chi connectivity index (χ3n) is 8.01. The number of thiol groups is 1. The Morgan fingerprint density at radius 3 is 2.53 bits per heavy atom. The van der Waals surface area contributed by atoms with E-state index in [1.165, 1.54) is 6.20 Å². The van der Waals surface area contributed by atoms with Gasteiger partial charge in [-0.1, -0.05) is 13.8 Å². The summed E-state index contributed by atoms with van der Waals surface area (Å²) in [7, 11) is -0.805. The van der Waals surface area contributed by atoms with E-state index < -0.39 is 21.2 Å². The molecule has 194 valence electrons. The molecular weight excluding hydrogens is 474 g/mol. The van der Waals surface area contributed by atoms with Gasteiger partial charge >= 0.3 is 11.8 Å². The van der Waals surface area contributed by atoms with Gasteiger partial charge in [0.05, 0.1) is 11.9 Å². The number of piperazine rings is 1. The summed E-state index contributed by atoms with van der Waals surface area (Å²) in [5.41, 5.74) is 7.22. The van der Waals surface area contributed by atoms with Crippen molar-refractivity contribution < 1.29 is 9.59 Å². The van der Waals surface area contributed by atoms with Crippen LogP contribution in [0.15, 0.2) is 46.3 Å². The van der Waals surface area contributed by atoms with Crippen LogP contribution in [0.2, 0.25) is 0 Å². The first kappa shape index (κ1) is 24.6. The molecule has 2 aromatic rings. The summed E-state index contributed by atoms with van der Waals surface area (Å²) in [5, 5.41) is 7.14. The fraction of sp³-hybridized carbons (Fsp3) is 0.462. The molecule has 36 heavy (non-hydrogen) atoms. The van der Waals surface area contributed by atoms with Crippen LogP contribution in [0, 0.1) is 5.92 Å². The van der Waals surface area contributed by atoms with Crippen LogP contribution < -0.4 is 16.0 Å². The average molecular weight is 512 g/mol. The summed E-state index contributed by atoms with van der Waals surface area (Å²) in [6.07, 6.45) is 5.14. The number of aromatic nitrogens is 2. The highest BCUT2D eigenvalue weighted by molar-refractivity contribution is 8.57. The SMILES string of the molecule is CCc1cc(NC(=O)C(=O)N2C[C@@H](C)CC[SH]23(c2ccc(N4CCN(C)CC4)nc2)C=C3)cnc1N. The average Bonchev–Trinajstić information content (AvgIpc) is 3.64. The summed E-state index contributed by atoms with van der Waals surface area (Å²) in [6.45, 7) is 8.60. The Labute approximate surface area is 213 Å². The van der Waals surface area contributed by atoms with E-state index in [1.54, 1.807) is 6.07 Å². The number of carbonyl (C=O) groups is 2. The zero-order chi connectivity index (χ0) is 25.5. The highest BCUT2D eigenvalue weighted by Gasteiger charge is 2.57. The molecule has 10 heteroatoms. The molecular formula is C26H37N7O2S. The standard InChI is InChI=1S/C26H37N7O2S/c1-4-20-15-21(16-29-24(20)27)30-25(34)26(35)33-18-19(2)7-12-36(33,13-14-36)22-5-6-23(28-17-22)32-10-8-31(3)9-11-32/h5-6,13-17,19,36H,4,7-12,18H2,1-3H3,(H2,27,29)(H,30,34)/t19-/m0/s1. The molecule has 3 aliphatic rings. The van der Waals surface area contributed by atoms with Gasteiger partial charge in [0, 0.05) is 43.8 Å². The maximum Gasteiger partial charge on any atom is 0.320 e. The van der Waals surface area contributed by atoms with E-state index in [9.17, 15) is 9.59 Å². The molecule has 2 saturated heterocycles. The molecule has 9 nitrogen and oxygen atoms in total. The molecule has 2 aromatic heterocycles. The molecule has 3 N–H and O–H groups in total. The van der Waals surface area contributed by atoms with Crippen LogP contribution in [0.4, 0.5) is 17.3 Å². The number of nitrogen functional groups attached to an aromatic ring is 1. The lowest BCUT2D eigenvalue weighted by Gasteiger charge is -2.59. The van der Waals surface area contributed by atoms with E-state index in [4.69, 9.17) is 10.7 Å². The van der Waals surface area contributed by atoms with E-state index in [0.29, 0.717) is 30.4 Å². The molecule has 1 atom stereocenters. The van der Waals surface area contributed by atoms with Crippen LogP contribution in [0.1, 0.15) is 25.8 Å². The maximum absolute atomic E-state index is 13.7. The summed E-state index contributed by atoms with van der Waals surface area (Å²) in [4.78, 5) is 41.5. The molecule has 0 saturated carbocycles. The Balaban J connectivity index is 1.39. The number of nitrogens with zero attached hydrogens (tertiary/aromatic N) is 5. The number of nitrogens with two attached hydrogens (primary N) is 1. The number of hydrogen-bond donors (Lipinski definition) is 3. The van der Waals surface area contributed by atoms with Crippen LogP contribution >= 0.6 is 9.35 Å². The second kappa shape index (κ2) is 9.08. The number of aryl methyl sites for hydroxylation is 1. The van der Waals surface area contributed by atoms with Crippen molar-refractivity contribution in [3.63, 3.8) is 0 Å². The van der Waals surface area contributed by atoms with Crippen molar-refractivity contribution in [1.82, 2.24) is 19.2 Å². The van der Waals surface area contributed by atoms with Crippen molar-refractivity contribution in [1.29, 1.82) is 0 Å². The molecule has 3 aliphatic heterocycles. The van der Waals surface area contributed by atoms with Crippen molar-refractivity contribution in [3.8, 4) is 0 Å². The Bertz CT molecular complexity index is 1200. The molecule has 0 bridgehead atoms. The molecule has 0 aliphatic carbocycles. The number of amides is 2. The summed E-state index contributed by atoms with van der Waals surface area (Å²) in [6, 6.07) is 5.99. The van der Waals surface area contributed by atoms with Gasteiger partial charge in [-0.05, 0) is 66.1 Å². The van der Waals surface area contributed by atoms with Gasteiger partial charge in [-0.3, -0.25) is 9.59 Å². The van der Waals surface area contributed by atoms with E-state index in [-0.39, 0.29) is 0 Å². The molecule has 5 rings (SSSR count). The lowest BCUT2D eigenvalue weighted by Crippen LogP contribution is -2.48. The zero-order valence-electron chi connectivity index (χ0n) is 21.4. The molecule has 2 amide bonds. The van der Waals surface area contributed by atoms with E-state index in [1.807, 2.05) is 17.4 Å². The summed E-state index contributed by atoms with van der Waals surface area (Å²) in [5.74, 6) is 1.45. The quantitative estimate of drug-likeness (QED) is 0.428. The number of likely N-dealkylation sites (N-methyl/N-ethyl adjacent to an activating group) is 1. The van der Waals surface area contributed by atoms with Gasteiger partial charge in [-0.25, -0.2) is 9.97 Å². The zero-order valence-corrected chi connectivity index (χ0v) is 22.2. The Kier molecular flexibility index (Phi) is 6.20. The van der Waals surface area contributed by atoms with Crippen molar-refractivity contribution in [2.24, 2.45) is 5.92 Å². The van der Waals surface area contributed by atoms with E-state index in [0.717, 1.165) is 54.6 Å². The fourth-order valence-electron chi connectivity index (χ4n) is 5.43. The van der Waals surface area contributed by atoms with E-state index in [2.05, 4.69) is 57.0 Å². The van der Waals surface area contributed by atoms with Gasteiger partial charge in [-0.15, -0.1) is 0 Å². The minimum absolute atomic E-state index is 0.319. The van der Waals surface area contributed by atoms with Gasteiger partial charge in [0.15, 0.2) is 0 Å². The van der Waals surface area contributed by atoms with Gasteiger partial charge in [0.25, 0.3) is 0 Å². The van der Waals surface area contributed by atoms with Crippen molar-refractivity contribution >= 4 is 38.5 Å².